The summed E-state index contributed by atoms with van der Waals surface area (Å²) in [4.78, 5) is 14.7. The molecule has 2 heterocycles. The van der Waals surface area contributed by atoms with Crippen molar-refractivity contribution in [3.8, 4) is 0 Å². The zero-order valence-electron chi connectivity index (χ0n) is 15.4. The molecule has 1 amide bonds. The van der Waals surface area contributed by atoms with Crippen molar-refractivity contribution < 1.29 is 22.0 Å². The lowest BCUT2D eigenvalue weighted by atomic mass is 10.2. The van der Waals surface area contributed by atoms with E-state index in [1.54, 1.807) is 17.0 Å². The van der Waals surface area contributed by atoms with E-state index in [4.69, 9.17) is 0 Å². The van der Waals surface area contributed by atoms with Crippen LogP contribution in [0.5, 0.6) is 0 Å². The quantitative estimate of drug-likeness (QED) is 0.533. The minimum Gasteiger partial charge on any atom is -0.336 e. The summed E-state index contributed by atoms with van der Waals surface area (Å²) in [6.45, 7) is 0.774. The molecule has 1 fully saturated rings. The molecule has 1 aliphatic rings. The molecule has 30 heavy (non-hydrogen) atoms. The standard InChI is InChI=1S/C18H16F2N4O3S3/c19-18(20)28-13-6-4-12(5-7-13)17(25)23-8-10-24(11-9-23)30(26,27)15-3-1-2-14-16(15)22-29-21-14/h1-7,18H,8-11H2. The molecule has 0 atom stereocenters. The summed E-state index contributed by atoms with van der Waals surface area (Å²) in [6.07, 6.45) is 0. The van der Waals surface area contributed by atoms with Crippen molar-refractivity contribution in [2.45, 2.75) is 15.5 Å². The van der Waals surface area contributed by atoms with E-state index in [1.807, 2.05) is 0 Å². The zero-order valence-corrected chi connectivity index (χ0v) is 17.9. The Morgan fingerprint density at radius 3 is 2.40 bits per heavy atom. The molecule has 158 valence electrons. The number of fused-ring (bicyclic) bond motifs is 1. The molecule has 7 nitrogen and oxygen atoms in total. The lowest BCUT2D eigenvalue weighted by Gasteiger charge is -2.34. The highest BCUT2D eigenvalue weighted by atomic mass is 32.2. The molecule has 0 N–H and O–H groups in total. The van der Waals surface area contributed by atoms with Gasteiger partial charge in [0.15, 0.2) is 0 Å². The van der Waals surface area contributed by atoms with Crippen molar-refractivity contribution in [3.63, 3.8) is 0 Å². The zero-order chi connectivity index (χ0) is 21.3. The monoisotopic (exact) mass is 470 g/mol. The Morgan fingerprint density at radius 1 is 1.03 bits per heavy atom. The molecule has 0 bridgehead atoms. The average Bonchev–Trinajstić information content (AvgIpc) is 3.22. The van der Waals surface area contributed by atoms with Gasteiger partial charge in [0.1, 0.15) is 15.9 Å². The maximum Gasteiger partial charge on any atom is 0.288 e. The van der Waals surface area contributed by atoms with Crippen molar-refractivity contribution in [1.82, 2.24) is 18.0 Å². The van der Waals surface area contributed by atoms with Gasteiger partial charge in [0.25, 0.3) is 11.7 Å². The lowest BCUT2D eigenvalue weighted by molar-refractivity contribution is 0.0698. The fourth-order valence-electron chi connectivity index (χ4n) is 3.22. The van der Waals surface area contributed by atoms with Crippen LogP contribution >= 0.6 is 23.5 Å². The van der Waals surface area contributed by atoms with E-state index in [-0.39, 0.29) is 37.0 Å². The molecule has 3 aromatic rings. The number of hydrogen-bond donors (Lipinski definition) is 0. The summed E-state index contributed by atoms with van der Waals surface area (Å²) in [6, 6.07) is 10.8. The van der Waals surface area contributed by atoms with Gasteiger partial charge in [0.05, 0.1) is 11.7 Å². The predicted octanol–water partition coefficient (Wildman–Crippen LogP) is 3.15. The third kappa shape index (κ3) is 4.17. The fourth-order valence-corrected chi connectivity index (χ4v) is 5.90. The number of alkyl halides is 2. The number of nitrogens with zero attached hydrogens (tertiary/aromatic N) is 4. The highest BCUT2D eigenvalue weighted by molar-refractivity contribution is 7.99. The number of carbonyl (C=O) groups is 1. The first-order valence-corrected chi connectivity index (χ1v) is 12.0. The number of aromatic nitrogens is 2. The molecule has 2 aromatic carbocycles. The number of sulfonamides is 1. The van der Waals surface area contributed by atoms with Crippen molar-refractivity contribution in [2.75, 3.05) is 26.2 Å². The molecule has 0 aliphatic carbocycles. The van der Waals surface area contributed by atoms with Gasteiger partial charge >= 0.3 is 0 Å². The topological polar surface area (TPSA) is 83.5 Å². The van der Waals surface area contributed by atoms with E-state index in [2.05, 4.69) is 8.75 Å². The van der Waals surface area contributed by atoms with E-state index in [1.165, 1.54) is 34.6 Å². The number of piperazine rings is 1. The lowest BCUT2D eigenvalue weighted by Crippen LogP contribution is -2.50. The Bertz CT molecular complexity index is 1160. The maximum atomic E-state index is 13.1. The summed E-state index contributed by atoms with van der Waals surface area (Å²) >= 11 is 1.37. The third-order valence-electron chi connectivity index (χ3n) is 4.72. The molecule has 0 unspecified atom stereocenters. The van der Waals surface area contributed by atoms with Crippen LogP contribution < -0.4 is 0 Å². The van der Waals surface area contributed by atoms with Crippen molar-refractivity contribution >= 4 is 50.5 Å². The van der Waals surface area contributed by atoms with Crippen LogP contribution in [0.15, 0.2) is 52.3 Å². The highest BCUT2D eigenvalue weighted by Crippen LogP contribution is 2.27. The van der Waals surface area contributed by atoms with E-state index in [0.717, 1.165) is 11.7 Å². The number of thioether (sulfide) groups is 1. The summed E-state index contributed by atoms with van der Waals surface area (Å²) < 4.78 is 60.5. The van der Waals surface area contributed by atoms with Crippen molar-refractivity contribution in [2.24, 2.45) is 0 Å². The molecule has 0 saturated carbocycles. The first-order valence-electron chi connectivity index (χ1n) is 8.92. The Labute approximate surface area is 180 Å². The number of benzene rings is 2. The number of rotatable bonds is 5. The van der Waals surface area contributed by atoms with Crippen LogP contribution in [0.2, 0.25) is 0 Å². The van der Waals surface area contributed by atoms with Crippen LogP contribution in [0.3, 0.4) is 0 Å². The normalized spacial score (nSPS) is 15.8. The highest BCUT2D eigenvalue weighted by Gasteiger charge is 2.32. The van der Waals surface area contributed by atoms with Crippen LogP contribution in [0, 0.1) is 0 Å². The van der Waals surface area contributed by atoms with Crippen LogP contribution in [0.25, 0.3) is 11.0 Å². The SMILES string of the molecule is O=C(c1ccc(SC(F)F)cc1)N1CCN(S(=O)(=O)c2cccc3nsnc23)CC1. The van der Waals surface area contributed by atoms with Gasteiger partial charge in [-0.15, -0.1) is 0 Å². The molecule has 4 rings (SSSR count). The Morgan fingerprint density at radius 2 is 1.73 bits per heavy atom. The van der Waals surface area contributed by atoms with E-state index < -0.39 is 15.8 Å². The minimum atomic E-state index is -3.76. The summed E-state index contributed by atoms with van der Waals surface area (Å²) in [5.74, 6) is -2.78. The maximum absolute atomic E-state index is 13.1. The van der Waals surface area contributed by atoms with Crippen LogP contribution in [-0.4, -0.2) is 64.2 Å². The Kier molecular flexibility index (Phi) is 6.00. The van der Waals surface area contributed by atoms with Gasteiger partial charge in [-0.2, -0.15) is 21.8 Å². The number of halogens is 2. The number of amides is 1. The second-order valence-electron chi connectivity index (χ2n) is 6.49. The average molecular weight is 471 g/mol. The molecule has 1 aromatic heterocycles. The van der Waals surface area contributed by atoms with Gasteiger partial charge in [-0.25, -0.2) is 8.42 Å². The van der Waals surface area contributed by atoms with Gasteiger partial charge in [-0.1, -0.05) is 17.8 Å². The van der Waals surface area contributed by atoms with E-state index in [0.29, 0.717) is 33.3 Å². The van der Waals surface area contributed by atoms with Gasteiger partial charge < -0.3 is 4.90 Å². The molecule has 1 saturated heterocycles. The van der Waals surface area contributed by atoms with E-state index in [9.17, 15) is 22.0 Å². The van der Waals surface area contributed by atoms with Gasteiger partial charge in [0, 0.05) is 36.6 Å². The van der Waals surface area contributed by atoms with Crippen LogP contribution in [0.4, 0.5) is 8.78 Å². The summed E-state index contributed by atoms with van der Waals surface area (Å²) in [7, 11) is -3.76. The largest absolute Gasteiger partial charge is 0.336 e. The van der Waals surface area contributed by atoms with Crippen molar-refractivity contribution in [3.05, 3.63) is 48.0 Å². The molecular formula is C18H16F2N4O3S3. The Balaban J connectivity index is 1.44. The molecular weight excluding hydrogens is 454 g/mol. The number of carbonyl (C=O) groups excluding carboxylic acids is 1. The second-order valence-corrected chi connectivity index (χ2v) is 9.99. The predicted molar refractivity (Wildman–Crippen MR) is 110 cm³/mol. The molecule has 1 aliphatic heterocycles. The van der Waals surface area contributed by atoms with Crippen LogP contribution in [0.1, 0.15) is 10.4 Å². The first kappa shape index (κ1) is 21.1. The van der Waals surface area contributed by atoms with Gasteiger partial charge in [0.2, 0.25) is 10.0 Å². The molecule has 0 spiro atoms. The summed E-state index contributed by atoms with van der Waals surface area (Å²) in [5.41, 5.74) is 1.26. The van der Waals surface area contributed by atoms with Crippen LogP contribution in [-0.2, 0) is 10.0 Å². The first-order chi connectivity index (χ1) is 14.4. The molecule has 0 radical (unpaired) electrons. The van der Waals surface area contributed by atoms with Gasteiger partial charge in [-0.3, -0.25) is 4.79 Å². The Hall–Kier alpha value is -2.15. The third-order valence-corrected chi connectivity index (χ3v) is 7.91. The smallest absolute Gasteiger partial charge is 0.288 e. The summed E-state index contributed by atoms with van der Waals surface area (Å²) in [5, 5.41) is 0. The minimum absolute atomic E-state index is 0.112. The number of hydrogen-bond acceptors (Lipinski definition) is 7. The van der Waals surface area contributed by atoms with E-state index >= 15 is 0 Å². The molecule has 12 heteroatoms. The van der Waals surface area contributed by atoms with Crippen molar-refractivity contribution in [1.29, 1.82) is 0 Å². The van der Waals surface area contributed by atoms with Gasteiger partial charge in [-0.05, 0) is 36.4 Å². The fraction of sp³-hybridized carbons (Fsp3) is 0.278. The second kappa shape index (κ2) is 8.53.